The molecule has 0 bridgehead atoms. The number of hydrogen-bond donors (Lipinski definition) is 3. The maximum Gasteiger partial charge on any atom is 0.147 e. The first-order valence-electron chi connectivity index (χ1n) is 16.1. The molecule has 0 saturated heterocycles. The Bertz CT molecular complexity index is 1030. The van der Waals surface area contributed by atoms with Gasteiger partial charge in [0, 0.05) is 24.2 Å². The number of benzene rings is 2. The monoisotopic (exact) mass is 608 g/mol. The van der Waals surface area contributed by atoms with Crippen molar-refractivity contribution in [2.24, 2.45) is 11.8 Å². The molecule has 0 radical (unpaired) electrons. The fraction of sp³-hybridized carbons (Fsp3) is 0.526. The Morgan fingerprint density at radius 3 is 1.70 bits per heavy atom. The minimum Gasteiger partial charge on any atom is -0.396 e. The molecular weight excluding hydrogens is 552 g/mol. The molecule has 44 heavy (non-hydrogen) atoms. The number of methoxy groups -OCH3 is 1. The van der Waals surface area contributed by atoms with Crippen LogP contribution in [0.3, 0.4) is 0 Å². The van der Waals surface area contributed by atoms with Crippen molar-refractivity contribution in [2.75, 3.05) is 33.5 Å². The lowest BCUT2D eigenvalue weighted by molar-refractivity contribution is -0.106. The van der Waals surface area contributed by atoms with Gasteiger partial charge in [0.1, 0.15) is 12.6 Å². The van der Waals surface area contributed by atoms with Crippen molar-refractivity contribution < 1.29 is 29.6 Å². The summed E-state index contributed by atoms with van der Waals surface area (Å²) >= 11 is 0. The Morgan fingerprint density at radius 2 is 1.30 bits per heavy atom. The molecule has 6 heteroatoms. The standard InChI is InChI=1S/C30H44O2.2C4H6O2/c1-3-4-5-6-7-24-8-10-25(11-9-24)12-13-26-14-16-27(17-15-26)28-18-20-29(21-19-28)30(22-31)23-32-2;2*1-4(2-5)3-6/h14-21,24-25,30-31H,3-13,22-23H2,1-2H3;2*2,6H,1,3H2. The van der Waals surface area contributed by atoms with Crippen LogP contribution in [0.15, 0.2) is 72.8 Å². The van der Waals surface area contributed by atoms with Gasteiger partial charge in [-0.1, -0.05) is 126 Å². The van der Waals surface area contributed by atoms with E-state index in [0.29, 0.717) is 19.2 Å². The molecule has 2 aromatic rings. The van der Waals surface area contributed by atoms with Crippen molar-refractivity contribution in [3.63, 3.8) is 0 Å². The maximum atomic E-state index is 9.56. The summed E-state index contributed by atoms with van der Waals surface area (Å²) in [6, 6.07) is 17.7. The number of carbonyl (C=O) groups excluding carboxylic acids is 2. The minimum absolute atomic E-state index is 0.0487. The van der Waals surface area contributed by atoms with Crippen LogP contribution in [-0.4, -0.2) is 61.4 Å². The summed E-state index contributed by atoms with van der Waals surface area (Å²) in [6.45, 7) is 8.84. The van der Waals surface area contributed by atoms with Crippen LogP contribution in [0.25, 0.3) is 11.1 Å². The van der Waals surface area contributed by atoms with Crippen molar-refractivity contribution in [3.05, 3.63) is 84.0 Å². The lowest BCUT2D eigenvalue weighted by Crippen LogP contribution is -2.15. The normalized spacial score (nSPS) is 16.4. The number of rotatable bonds is 17. The second-order valence-electron chi connectivity index (χ2n) is 11.8. The fourth-order valence-electron chi connectivity index (χ4n) is 5.38. The molecule has 244 valence electrons. The topological polar surface area (TPSA) is 104 Å². The highest BCUT2D eigenvalue weighted by Crippen LogP contribution is 2.34. The number of ether oxygens (including phenoxy) is 1. The van der Waals surface area contributed by atoms with Gasteiger partial charge in [0.05, 0.1) is 26.4 Å². The van der Waals surface area contributed by atoms with Gasteiger partial charge in [0.15, 0.2) is 0 Å². The van der Waals surface area contributed by atoms with Crippen LogP contribution in [0.1, 0.15) is 88.2 Å². The van der Waals surface area contributed by atoms with Gasteiger partial charge in [-0.2, -0.15) is 0 Å². The van der Waals surface area contributed by atoms with Crippen LogP contribution in [0.5, 0.6) is 0 Å². The fourth-order valence-corrected chi connectivity index (χ4v) is 5.38. The van der Waals surface area contributed by atoms with Crippen LogP contribution in [0.2, 0.25) is 0 Å². The molecular formula is C38H56O6. The molecule has 1 aliphatic carbocycles. The molecule has 2 aromatic carbocycles. The zero-order valence-electron chi connectivity index (χ0n) is 27.1. The molecule has 1 saturated carbocycles. The number of hydrogen-bond acceptors (Lipinski definition) is 6. The summed E-state index contributed by atoms with van der Waals surface area (Å²) in [7, 11) is 1.68. The van der Waals surface area contributed by atoms with Crippen molar-refractivity contribution in [3.8, 4) is 11.1 Å². The van der Waals surface area contributed by atoms with E-state index in [2.05, 4.69) is 68.6 Å². The molecule has 3 N–H and O–H groups in total. The van der Waals surface area contributed by atoms with Crippen LogP contribution in [0, 0.1) is 11.8 Å². The van der Waals surface area contributed by atoms with Gasteiger partial charge < -0.3 is 20.1 Å². The van der Waals surface area contributed by atoms with Gasteiger partial charge >= 0.3 is 0 Å². The van der Waals surface area contributed by atoms with Crippen LogP contribution in [0.4, 0.5) is 0 Å². The van der Waals surface area contributed by atoms with Crippen LogP contribution in [-0.2, 0) is 20.7 Å². The first kappa shape index (κ1) is 39.1. The van der Waals surface area contributed by atoms with Crippen molar-refractivity contribution in [1.82, 2.24) is 0 Å². The van der Waals surface area contributed by atoms with Gasteiger partial charge in [-0.25, -0.2) is 0 Å². The summed E-state index contributed by atoms with van der Waals surface area (Å²) in [5.41, 5.74) is 5.52. The first-order valence-corrected chi connectivity index (χ1v) is 16.1. The SMILES string of the molecule is C=C(C=O)CO.C=C(C=O)CO.CCCCCCC1CCC(CCc2ccc(-c3ccc(C(CO)COC)cc3)cc2)CC1. The number of unbranched alkanes of at least 4 members (excludes halogenated alkanes) is 3. The number of aliphatic hydroxyl groups excluding tert-OH is 3. The molecule has 0 spiro atoms. The Labute approximate surface area is 265 Å². The number of carbonyl (C=O) groups is 2. The van der Waals surface area contributed by atoms with E-state index in [4.69, 9.17) is 14.9 Å². The highest BCUT2D eigenvalue weighted by atomic mass is 16.5. The minimum atomic E-state index is -0.233. The zero-order chi connectivity index (χ0) is 32.6. The average Bonchev–Trinajstić information content (AvgIpc) is 3.08. The van der Waals surface area contributed by atoms with Crippen LogP contribution < -0.4 is 0 Å². The van der Waals surface area contributed by atoms with Gasteiger partial charge in [-0.3, -0.25) is 9.59 Å². The summed E-state index contributed by atoms with van der Waals surface area (Å²) in [5.74, 6) is 1.99. The predicted molar refractivity (Wildman–Crippen MR) is 181 cm³/mol. The van der Waals surface area contributed by atoms with E-state index >= 15 is 0 Å². The van der Waals surface area contributed by atoms with E-state index in [1.54, 1.807) is 7.11 Å². The van der Waals surface area contributed by atoms with E-state index in [-0.39, 0.29) is 36.9 Å². The van der Waals surface area contributed by atoms with E-state index in [9.17, 15) is 14.7 Å². The van der Waals surface area contributed by atoms with Gasteiger partial charge in [-0.05, 0) is 46.9 Å². The Kier molecular flexibility index (Phi) is 21.7. The molecule has 1 atom stereocenters. The number of aliphatic hydroxyl groups is 3. The van der Waals surface area contributed by atoms with Crippen molar-refractivity contribution >= 4 is 12.6 Å². The van der Waals surface area contributed by atoms with Gasteiger partial charge in [0.25, 0.3) is 0 Å². The largest absolute Gasteiger partial charge is 0.396 e. The first-order chi connectivity index (χ1) is 21.3. The van der Waals surface area contributed by atoms with E-state index < -0.39 is 0 Å². The number of aryl methyl sites for hydroxylation is 1. The molecule has 0 amide bonds. The Hall–Kier alpha value is -2.90. The zero-order valence-corrected chi connectivity index (χ0v) is 27.1. The van der Waals surface area contributed by atoms with Gasteiger partial charge in [-0.15, -0.1) is 0 Å². The summed E-state index contributed by atoms with van der Waals surface area (Å²) in [4.78, 5) is 19.0. The summed E-state index contributed by atoms with van der Waals surface area (Å²) in [6.07, 6.45) is 16.6. The van der Waals surface area contributed by atoms with Crippen molar-refractivity contribution in [2.45, 2.75) is 83.5 Å². The van der Waals surface area contributed by atoms with Crippen molar-refractivity contribution in [1.29, 1.82) is 0 Å². The Morgan fingerprint density at radius 1 is 0.795 bits per heavy atom. The highest BCUT2D eigenvalue weighted by Gasteiger charge is 2.20. The lowest BCUT2D eigenvalue weighted by atomic mass is 9.77. The van der Waals surface area contributed by atoms with E-state index in [1.165, 1.54) is 87.3 Å². The van der Waals surface area contributed by atoms with Crippen LogP contribution >= 0.6 is 0 Å². The molecule has 1 unspecified atom stereocenters. The molecule has 0 heterocycles. The van der Waals surface area contributed by atoms with E-state index in [0.717, 1.165) is 17.4 Å². The molecule has 3 rings (SSSR count). The smallest absolute Gasteiger partial charge is 0.147 e. The third-order valence-electron chi connectivity index (χ3n) is 8.27. The quantitative estimate of drug-likeness (QED) is 0.0993. The second kappa shape index (κ2) is 24.4. The predicted octanol–water partition coefficient (Wildman–Crippen LogP) is 7.25. The maximum absolute atomic E-state index is 9.56. The van der Waals surface area contributed by atoms with E-state index in [1.807, 2.05) is 0 Å². The van der Waals surface area contributed by atoms with Gasteiger partial charge in [0.2, 0.25) is 0 Å². The molecule has 0 aromatic heterocycles. The Balaban J connectivity index is 0.000000681. The second-order valence-corrected chi connectivity index (χ2v) is 11.8. The molecule has 1 fully saturated rings. The summed E-state index contributed by atoms with van der Waals surface area (Å²) < 4.78 is 5.21. The lowest BCUT2D eigenvalue weighted by Gasteiger charge is -2.28. The third kappa shape index (κ3) is 16.2. The summed E-state index contributed by atoms with van der Waals surface area (Å²) in [5, 5.41) is 25.6. The number of aldehydes is 2. The highest BCUT2D eigenvalue weighted by molar-refractivity contribution is 5.72. The molecule has 0 aliphatic heterocycles. The third-order valence-corrected chi connectivity index (χ3v) is 8.27. The average molecular weight is 609 g/mol. The molecule has 1 aliphatic rings. The molecule has 6 nitrogen and oxygen atoms in total.